The monoisotopic (exact) mass is 283 g/mol. The zero-order valence-corrected chi connectivity index (χ0v) is 10.3. The van der Waals surface area contributed by atoms with Crippen LogP contribution in [-0.4, -0.2) is 13.2 Å². The molecular formula is C12H11BrFNO. The van der Waals surface area contributed by atoms with Crippen LogP contribution in [0, 0.1) is 22.6 Å². The van der Waals surface area contributed by atoms with Crippen LogP contribution in [0.2, 0.25) is 0 Å². The summed E-state index contributed by atoms with van der Waals surface area (Å²) in [5.41, 5.74) is 0.525. The molecule has 1 aliphatic rings. The molecule has 0 aromatic heterocycles. The summed E-state index contributed by atoms with van der Waals surface area (Å²) in [6.45, 7) is 1.11. The van der Waals surface area contributed by atoms with E-state index in [-0.39, 0.29) is 5.82 Å². The molecule has 16 heavy (non-hydrogen) atoms. The molecule has 84 valence electrons. The summed E-state index contributed by atoms with van der Waals surface area (Å²) in [5.74, 6) is -0.280. The quantitative estimate of drug-likeness (QED) is 0.836. The predicted molar refractivity (Wildman–Crippen MR) is 61.3 cm³/mol. The van der Waals surface area contributed by atoms with Crippen LogP contribution in [0.15, 0.2) is 22.7 Å². The van der Waals surface area contributed by atoms with Gasteiger partial charge >= 0.3 is 0 Å². The third kappa shape index (κ3) is 2.26. The number of ether oxygens (including phenoxy) is 1. The van der Waals surface area contributed by atoms with Crippen molar-refractivity contribution in [1.29, 1.82) is 5.26 Å². The molecule has 0 bridgehead atoms. The van der Waals surface area contributed by atoms with Crippen molar-refractivity contribution in [3.05, 3.63) is 34.1 Å². The molecule has 4 heteroatoms. The number of hydrogen-bond acceptors (Lipinski definition) is 2. The Kier molecular flexibility index (Phi) is 3.27. The highest BCUT2D eigenvalue weighted by atomic mass is 79.9. The van der Waals surface area contributed by atoms with Gasteiger partial charge < -0.3 is 4.74 Å². The minimum atomic E-state index is -0.433. The third-order valence-corrected chi connectivity index (χ3v) is 3.47. The van der Waals surface area contributed by atoms with Gasteiger partial charge in [0.25, 0.3) is 0 Å². The zero-order valence-electron chi connectivity index (χ0n) is 8.67. The van der Waals surface area contributed by atoms with Gasteiger partial charge in [-0.25, -0.2) is 4.39 Å². The Morgan fingerprint density at radius 1 is 1.56 bits per heavy atom. The molecule has 1 aromatic rings. The summed E-state index contributed by atoms with van der Waals surface area (Å²) < 4.78 is 18.8. The maximum Gasteiger partial charge on any atom is 0.137 e. The van der Waals surface area contributed by atoms with Crippen molar-refractivity contribution in [1.82, 2.24) is 0 Å². The lowest BCUT2D eigenvalue weighted by Gasteiger charge is -2.18. The van der Waals surface area contributed by atoms with E-state index < -0.39 is 5.41 Å². The SMILES string of the molecule is N#CC1(Cc2ccc(F)c(Br)c2)CCOC1. The molecule has 2 nitrogen and oxygen atoms in total. The summed E-state index contributed by atoms with van der Waals surface area (Å²) in [6.07, 6.45) is 1.36. The predicted octanol–water partition coefficient (Wildman–Crippen LogP) is 3.06. The fourth-order valence-electron chi connectivity index (χ4n) is 1.91. The van der Waals surface area contributed by atoms with Crippen molar-refractivity contribution in [2.24, 2.45) is 5.41 Å². The van der Waals surface area contributed by atoms with Gasteiger partial charge in [-0.3, -0.25) is 0 Å². The highest BCUT2D eigenvalue weighted by Gasteiger charge is 2.35. The Labute approximate surface area is 102 Å². The lowest BCUT2D eigenvalue weighted by molar-refractivity contribution is 0.171. The van der Waals surface area contributed by atoms with Crippen molar-refractivity contribution in [2.75, 3.05) is 13.2 Å². The Bertz CT molecular complexity index is 435. The number of rotatable bonds is 2. The van der Waals surface area contributed by atoms with Gasteiger partial charge in [0.15, 0.2) is 0 Å². The number of nitriles is 1. The average molecular weight is 284 g/mol. The van der Waals surface area contributed by atoms with Crippen LogP contribution < -0.4 is 0 Å². The van der Waals surface area contributed by atoms with Crippen LogP contribution in [-0.2, 0) is 11.2 Å². The third-order valence-electron chi connectivity index (χ3n) is 2.87. The van der Waals surface area contributed by atoms with Crippen LogP contribution in [0.25, 0.3) is 0 Å². The minimum Gasteiger partial charge on any atom is -0.380 e. The van der Waals surface area contributed by atoms with Crippen molar-refractivity contribution >= 4 is 15.9 Å². The average Bonchev–Trinajstić information content (AvgIpc) is 2.73. The van der Waals surface area contributed by atoms with E-state index in [1.807, 2.05) is 0 Å². The minimum absolute atomic E-state index is 0.280. The molecule has 0 N–H and O–H groups in total. The molecular weight excluding hydrogens is 273 g/mol. The van der Waals surface area contributed by atoms with Gasteiger partial charge in [-0.2, -0.15) is 5.26 Å². The van der Waals surface area contributed by atoms with E-state index >= 15 is 0 Å². The summed E-state index contributed by atoms with van der Waals surface area (Å²) in [4.78, 5) is 0. The Hall–Kier alpha value is -0.920. The summed E-state index contributed by atoms with van der Waals surface area (Å²) in [7, 11) is 0. The number of halogens is 2. The van der Waals surface area contributed by atoms with Gasteiger partial charge in [0.1, 0.15) is 5.82 Å². The number of hydrogen-bond donors (Lipinski definition) is 0. The van der Waals surface area contributed by atoms with Crippen LogP contribution in [0.3, 0.4) is 0 Å². The van der Waals surface area contributed by atoms with Crippen LogP contribution in [0.5, 0.6) is 0 Å². The summed E-state index contributed by atoms with van der Waals surface area (Å²) in [5, 5.41) is 9.19. The molecule has 1 aromatic carbocycles. The Morgan fingerprint density at radius 2 is 2.38 bits per heavy atom. The maximum absolute atomic E-state index is 13.1. The maximum atomic E-state index is 13.1. The molecule has 2 rings (SSSR count). The van der Waals surface area contributed by atoms with Crippen molar-refractivity contribution in [3.8, 4) is 6.07 Å². The first-order chi connectivity index (χ1) is 7.65. The molecule has 1 atom stereocenters. The number of benzene rings is 1. The van der Waals surface area contributed by atoms with E-state index in [2.05, 4.69) is 22.0 Å². The van der Waals surface area contributed by atoms with Crippen LogP contribution in [0.4, 0.5) is 4.39 Å². The fraction of sp³-hybridized carbons (Fsp3) is 0.417. The second-order valence-electron chi connectivity index (χ2n) is 4.12. The Balaban J connectivity index is 2.20. The molecule has 0 amide bonds. The van der Waals surface area contributed by atoms with E-state index in [9.17, 15) is 9.65 Å². The molecule has 1 unspecified atom stereocenters. The first kappa shape index (κ1) is 11.6. The second kappa shape index (κ2) is 4.52. The molecule has 0 spiro atoms. The molecule has 1 heterocycles. The molecule has 0 aliphatic carbocycles. The van der Waals surface area contributed by atoms with Gasteiger partial charge in [0.2, 0.25) is 0 Å². The molecule has 1 fully saturated rings. The van der Waals surface area contributed by atoms with E-state index in [0.29, 0.717) is 24.1 Å². The zero-order chi connectivity index (χ0) is 11.6. The highest BCUT2D eigenvalue weighted by Crippen LogP contribution is 2.32. The van der Waals surface area contributed by atoms with Gasteiger partial charge in [-0.05, 0) is 46.5 Å². The standard InChI is InChI=1S/C12H11BrFNO/c13-10-5-9(1-2-11(10)14)6-12(7-15)3-4-16-8-12/h1-2,5H,3-4,6,8H2. The number of nitrogens with zero attached hydrogens (tertiary/aromatic N) is 1. The van der Waals surface area contributed by atoms with Gasteiger partial charge in [-0.15, -0.1) is 0 Å². The van der Waals surface area contributed by atoms with E-state index in [1.165, 1.54) is 6.07 Å². The first-order valence-corrected chi connectivity index (χ1v) is 5.87. The van der Waals surface area contributed by atoms with Gasteiger partial charge in [0.05, 0.1) is 22.6 Å². The van der Waals surface area contributed by atoms with Gasteiger partial charge in [-0.1, -0.05) is 6.07 Å². The van der Waals surface area contributed by atoms with E-state index in [4.69, 9.17) is 4.74 Å². The van der Waals surface area contributed by atoms with Crippen molar-refractivity contribution in [2.45, 2.75) is 12.8 Å². The molecule has 1 saturated heterocycles. The Morgan fingerprint density at radius 3 is 2.94 bits per heavy atom. The lowest BCUT2D eigenvalue weighted by atomic mass is 9.82. The summed E-state index contributed by atoms with van der Waals surface area (Å²) >= 11 is 3.15. The topological polar surface area (TPSA) is 33.0 Å². The first-order valence-electron chi connectivity index (χ1n) is 5.08. The molecule has 1 aliphatic heterocycles. The van der Waals surface area contributed by atoms with E-state index in [0.717, 1.165) is 12.0 Å². The molecule has 0 saturated carbocycles. The van der Waals surface area contributed by atoms with E-state index in [1.54, 1.807) is 12.1 Å². The normalized spacial score (nSPS) is 24.3. The summed E-state index contributed by atoms with van der Waals surface area (Å²) in [6, 6.07) is 7.19. The largest absolute Gasteiger partial charge is 0.380 e. The molecule has 0 radical (unpaired) electrons. The van der Waals surface area contributed by atoms with Crippen molar-refractivity contribution < 1.29 is 9.13 Å². The lowest BCUT2D eigenvalue weighted by Crippen LogP contribution is -2.21. The fourth-order valence-corrected chi connectivity index (χ4v) is 2.34. The van der Waals surface area contributed by atoms with Crippen LogP contribution >= 0.6 is 15.9 Å². The van der Waals surface area contributed by atoms with Crippen LogP contribution in [0.1, 0.15) is 12.0 Å². The van der Waals surface area contributed by atoms with Gasteiger partial charge in [0, 0.05) is 6.61 Å². The highest BCUT2D eigenvalue weighted by molar-refractivity contribution is 9.10. The smallest absolute Gasteiger partial charge is 0.137 e. The van der Waals surface area contributed by atoms with Crippen molar-refractivity contribution in [3.63, 3.8) is 0 Å². The second-order valence-corrected chi connectivity index (χ2v) is 4.97.